The van der Waals surface area contributed by atoms with Crippen LogP contribution in [0.3, 0.4) is 0 Å². The number of aliphatic imine (C=N–C) groups is 1. The van der Waals surface area contributed by atoms with Crippen LogP contribution < -0.4 is 15.4 Å². The zero-order valence-corrected chi connectivity index (χ0v) is 12.9. The number of benzene rings is 1. The van der Waals surface area contributed by atoms with Crippen LogP contribution in [0.15, 0.2) is 54.0 Å². The van der Waals surface area contributed by atoms with E-state index in [0.717, 1.165) is 24.8 Å². The van der Waals surface area contributed by atoms with Crippen LogP contribution in [0.25, 0.3) is 0 Å². The van der Waals surface area contributed by atoms with E-state index in [4.69, 9.17) is 4.74 Å². The molecule has 0 fully saturated rings. The van der Waals surface area contributed by atoms with Gasteiger partial charge in [0.05, 0.1) is 19.4 Å². The van der Waals surface area contributed by atoms with E-state index >= 15 is 0 Å². The number of guanidine groups is 1. The number of hydrogen-bond donors (Lipinski definition) is 2. The van der Waals surface area contributed by atoms with Crippen LogP contribution in [0.1, 0.15) is 6.92 Å². The Kier molecular flexibility index (Phi) is 6.81. The van der Waals surface area contributed by atoms with Gasteiger partial charge in [-0.25, -0.2) is 4.98 Å². The van der Waals surface area contributed by atoms with E-state index in [1.807, 2.05) is 48.0 Å². The molecule has 0 aliphatic carbocycles. The molecule has 2 N–H and O–H groups in total. The van der Waals surface area contributed by atoms with Gasteiger partial charge in [-0.1, -0.05) is 18.2 Å². The third-order valence-electron chi connectivity index (χ3n) is 2.94. The topological polar surface area (TPSA) is 63.5 Å². The molecule has 0 atom stereocenters. The molecule has 0 radical (unpaired) electrons. The summed E-state index contributed by atoms with van der Waals surface area (Å²) in [7, 11) is 0. The molecule has 0 unspecified atom stereocenters. The number of aromatic nitrogens is 2. The Labute approximate surface area is 131 Å². The Morgan fingerprint density at radius 2 is 2.14 bits per heavy atom. The lowest BCUT2D eigenvalue weighted by Crippen LogP contribution is -2.39. The second kappa shape index (κ2) is 9.44. The summed E-state index contributed by atoms with van der Waals surface area (Å²) in [5.74, 6) is 1.69. The number of nitrogens with one attached hydrogen (secondary N) is 2. The fourth-order valence-electron chi connectivity index (χ4n) is 1.89. The third kappa shape index (κ3) is 5.87. The highest BCUT2D eigenvalue weighted by atomic mass is 16.5. The number of imidazole rings is 1. The average molecular weight is 301 g/mol. The van der Waals surface area contributed by atoms with Crippen molar-refractivity contribution in [1.82, 2.24) is 20.2 Å². The molecule has 0 bridgehead atoms. The van der Waals surface area contributed by atoms with E-state index in [1.165, 1.54) is 0 Å². The molecule has 6 heteroatoms. The Morgan fingerprint density at radius 3 is 2.86 bits per heavy atom. The van der Waals surface area contributed by atoms with E-state index in [0.29, 0.717) is 19.7 Å². The standard InChI is InChI=1S/C16H23N5O/c1-2-18-16(19-9-12-21-11-8-17-14-21)20-10-13-22-15-6-4-3-5-7-15/h3-8,11,14H,2,9-10,12-13H2,1H3,(H2,18,19,20). The van der Waals surface area contributed by atoms with Crippen molar-refractivity contribution in [2.75, 3.05) is 26.2 Å². The molecule has 2 aromatic rings. The van der Waals surface area contributed by atoms with Gasteiger partial charge in [-0.2, -0.15) is 0 Å². The van der Waals surface area contributed by atoms with Gasteiger partial charge in [-0.3, -0.25) is 4.99 Å². The largest absolute Gasteiger partial charge is 0.492 e. The minimum atomic E-state index is 0.593. The second-order valence-corrected chi connectivity index (χ2v) is 4.65. The summed E-state index contributed by atoms with van der Waals surface area (Å²) in [6.45, 7) is 5.69. The lowest BCUT2D eigenvalue weighted by Gasteiger charge is -2.12. The minimum Gasteiger partial charge on any atom is -0.492 e. The van der Waals surface area contributed by atoms with Gasteiger partial charge < -0.3 is 19.9 Å². The van der Waals surface area contributed by atoms with E-state index in [1.54, 1.807) is 12.5 Å². The molecule has 0 saturated heterocycles. The highest BCUT2D eigenvalue weighted by Gasteiger charge is 1.97. The Bertz CT molecular complexity index is 539. The SMILES string of the molecule is CCNC(=NCCn1ccnc1)NCCOc1ccccc1. The molecule has 0 amide bonds. The monoisotopic (exact) mass is 301 g/mol. The third-order valence-corrected chi connectivity index (χ3v) is 2.94. The van der Waals surface area contributed by atoms with Crippen molar-refractivity contribution in [3.05, 3.63) is 49.1 Å². The van der Waals surface area contributed by atoms with Gasteiger partial charge in [-0.05, 0) is 19.1 Å². The molecule has 22 heavy (non-hydrogen) atoms. The van der Waals surface area contributed by atoms with Crippen LogP contribution in [0, 0.1) is 0 Å². The second-order valence-electron chi connectivity index (χ2n) is 4.65. The predicted octanol–water partition coefficient (Wildman–Crippen LogP) is 1.52. The van der Waals surface area contributed by atoms with E-state index < -0.39 is 0 Å². The highest BCUT2D eigenvalue weighted by molar-refractivity contribution is 5.79. The molecule has 6 nitrogen and oxygen atoms in total. The van der Waals surface area contributed by atoms with Gasteiger partial charge in [0.1, 0.15) is 12.4 Å². The number of para-hydroxylation sites is 1. The predicted molar refractivity (Wildman–Crippen MR) is 88.1 cm³/mol. The van der Waals surface area contributed by atoms with Gasteiger partial charge in [0.2, 0.25) is 0 Å². The minimum absolute atomic E-state index is 0.593. The van der Waals surface area contributed by atoms with Crippen molar-refractivity contribution < 1.29 is 4.74 Å². The summed E-state index contributed by atoms with van der Waals surface area (Å²) >= 11 is 0. The number of nitrogens with zero attached hydrogens (tertiary/aromatic N) is 3. The van der Waals surface area contributed by atoms with Crippen molar-refractivity contribution >= 4 is 5.96 Å². The normalized spacial score (nSPS) is 11.2. The number of rotatable bonds is 8. The zero-order valence-electron chi connectivity index (χ0n) is 12.9. The summed E-state index contributed by atoms with van der Waals surface area (Å²) in [5, 5.41) is 6.48. The molecule has 0 spiro atoms. The lowest BCUT2D eigenvalue weighted by atomic mass is 10.3. The molecule has 0 saturated carbocycles. The van der Waals surface area contributed by atoms with E-state index in [2.05, 4.69) is 20.6 Å². The first-order valence-electron chi connectivity index (χ1n) is 7.54. The molecule has 1 aromatic heterocycles. The first kappa shape index (κ1) is 15.9. The van der Waals surface area contributed by atoms with Gasteiger partial charge in [0, 0.05) is 25.5 Å². The molecule has 0 aliphatic heterocycles. The fourth-order valence-corrected chi connectivity index (χ4v) is 1.89. The van der Waals surface area contributed by atoms with Crippen LogP contribution in [-0.2, 0) is 6.54 Å². The smallest absolute Gasteiger partial charge is 0.191 e. The summed E-state index contributed by atoms with van der Waals surface area (Å²) < 4.78 is 7.65. The van der Waals surface area contributed by atoms with Crippen molar-refractivity contribution in [1.29, 1.82) is 0 Å². The maximum Gasteiger partial charge on any atom is 0.191 e. The van der Waals surface area contributed by atoms with Crippen molar-refractivity contribution in [3.63, 3.8) is 0 Å². The first-order chi connectivity index (χ1) is 10.9. The van der Waals surface area contributed by atoms with Gasteiger partial charge in [0.15, 0.2) is 5.96 Å². The van der Waals surface area contributed by atoms with Gasteiger partial charge in [0.25, 0.3) is 0 Å². The molecule has 1 aromatic carbocycles. The molecular formula is C16H23N5O. The Hall–Kier alpha value is -2.50. The maximum absolute atomic E-state index is 5.64. The summed E-state index contributed by atoms with van der Waals surface area (Å²) in [4.78, 5) is 8.54. The van der Waals surface area contributed by atoms with Crippen molar-refractivity contribution in [2.24, 2.45) is 4.99 Å². The van der Waals surface area contributed by atoms with Crippen LogP contribution in [-0.4, -0.2) is 41.8 Å². The number of ether oxygens (including phenoxy) is 1. The van der Waals surface area contributed by atoms with Gasteiger partial charge >= 0.3 is 0 Å². The highest BCUT2D eigenvalue weighted by Crippen LogP contribution is 2.07. The van der Waals surface area contributed by atoms with Crippen molar-refractivity contribution in [2.45, 2.75) is 13.5 Å². The van der Waals surface area contributed by atoms with E-state index in [-0.39, 0.29) is 0 Å². The van der Waals surface area contributed by atoms with E-state index in [9.17, 15) is 0 Å². The Balaban J connectivity index is 1.69. The van der Waals surface area contributed by atoms with Crippen LogP contribution in [0.4, 0.5) is 0 Å². The summed E-state index contributed by atoms with van der Waals surface area (Å²) in [6.07, 6.45) is 5.50. The quantitative estimate of drug-likeness (QED) is 0.441. The molecule has 118 valence electrons. The average Bonchev–Trinajstić information content (AvgIpc) is 3.06. The van der Waals surface area contributed by atoms with Crippen LogP contribution in [0.5, 0.6) is 5.75 Å². The van der Waals surface area contributed by atoms with Gasteiger partial charge in [-0.15, -0.1) is 0 Å². The Morgan fingerprint density at radius 1 is 1.27 bits per heavy atom. The zero-order chi connectivity index (χ0) is 15.5. The fraction of sp³-hybridized carbons (Fsp3) is 0.375. The molecule has 1 heterocycles. The first-order valence-corrected chi connectivity index (χ1v) is 7.54. The van der Waals surface area contributed by atoms with Crippen LogP contribution in [0.2, 0.25) is 0 Å². The van der Waals surface area contributed by atoms with Crippen LogP contribution >= 0.6 is 0 Å². The maximum atomic E-state index is 5.64. The molecule has 2 rings (SSSR count). The lowest BCUT2D eigenvalue weighted by molar-refractivity contribution is 0.322. The van der Waals surface area contributed by atoms with Crippen molar-refractivity contribution in [3.8, 4) is 5.75 Å². The molecule has 0 aliphatic rings. The molecular weight excluding hydrogens is 278 g/mol. The summed E-state index contributed by atoms with van der Waals surface area (Å²) in [5.41, 5.74) is 0. The number of hydrogen-bond acceptors (Lipinski definition) is 3. The summed E-state index contributed by atoms with van der Waals surface area (Å²) in [6, 6.07) is 9.80.